The molecular weight excluding hydrogens is 352 g/mol. The second kappa shape index (κ2) is 7.64. The molecular formula is C22H26N4O2. The number of hydrogen-bond acceptors (Lipinski definition) is 4. The maximum Gasteiger partial charge on any atom is 0.251 e. The number of benzene rings is 2. The summed E-state index contributed by atoms with van der Waals surface area (Å²) < 4.78 is 0. The average Bonchev–Trinajstić information content (AvgIpc) is 3.19. The fraction of sp³-hybridized carbons (Fsp3) is 0.364. The number of hydrogen-bond donors (Lipinski definition) is 2. The number of nitrogens with one attached hydrogen (secondary N) is 2. The number of rotatable bonds is 5. The van der Waals surface area contributed by atoms with Gasteiger partial charge in [-0.3, -0.25) is 9.59 Å². The fourth-order valence-electron chi connectivity index (χ4n) is 4.14. The van der Waals surface area contributed by atoms with E-state index in [1.54, 1.807) is 6.07 Å². The Kier molecular flexibility index (Phi) is 5.05. The van der Waals surface area contributed by atoms with Crippen molar-refractivity contribution in [2.75, 3.05) is 37.4 Å². The van der Waals surface area contributed by atoms with E-state index < -0.39 is 0 Å². The van der Waals surface area contributed by atoms with Gasteiger partial charge in [0.15, 0.2) is 0 Å². The molecule has 146 valence electrons. The van der Waals surface area contributed by atoms with Crippen LogP contribution < -0.4 is 15.5 Å². The van der Waals surface area contributed by atoms with Gasteiger partial charge in [0.1, 0.15) is 6.04 Å². The molecule has 0 radical (unpaired) electrons. The number of nitrogens with zero attached hydrogens (tertiary/aromatic N) is 2. The number of amides is 2. The molecule has 2 aliphatic heterocycles. The van der Waals surface area contributed by atoms with E-state index in [-0.39, 0.29) is 23.9 Å². The molecule has 0 aromatic heterocycles. The van der Waals surface area contributed by atoms with Crippen molar-refractivity contribution < 1.29 is 9.59 Å². The predicted molar refractivity (Wildman–Crippen MR) is 111 cm³/mol. The maximum absolute atomic E-state index is 12.7. The van der Waals surface area contributed by atoms with Crippen LogP contribution in [0.4, 0.5) is 11.4 Å². The predicted octanol–water partition coefficient (Wildman–Crippen LogP) is 2.64. The first kappa shape index (κ1) is 18.5. The molecule has 2 amide bonds. The van der Waals surface area contributed by atoms with Crippen LogP contribution in [-0.4, -0.2) is 49.9 Å². The summed E-state index contributed by atoms with van der Waals surface area (Å²) in [5.41, 5.74) is 3.45. The molecule has 6 heteroatoms. The lowest BCUT2D eigenvalue weighted by atomic mass is 10.0. The lowest BCUT2D eigenvalue weighted by Crippen LogP contribution is -2.44. The number of anilines is 2. The highest BCUT2D eigenvalue weighted by atomic mass is 16.2. The molecule has 0 bridgehead atoms. The summed E-state index contributed by atoms with van der Waals surface area (Å²) in [5, 5.41) is 6.00. The van der Waals surface area contributed by atoms with Gasteiger partial charge >= 0.3 is 0 Å². The minimum atomic E-state index is -0.136. The summed E-state index contributed by atoms with van der Waals surface area (Å²) in [4.78, 5) is 29.3. The van der Waals surface area contributed by atoms with Gasteiger partial charge in [-0.05, 0) is 50.7 Å². The molecule has 4 rings (SSSR count). The van der Waals surface area contributed by atoms with Crippen LogP contribution in [-0.2, 0) is 4.79 Å². The van der Waals surface area contributed by atoms with Crippen molar-refractivity contribution >= 4 is 23.2 Å². The van der Waals surface area contributed by atoms with Crippen molar-refractivity contribution in [3.8, 4) is 0 Å². The minimum Gasteiger partial charge on any atom is -0.358 e. The molecule has 1 fully saturated rings. The maximum atomic E-state index is 12.7. The molecule has 0 aliphatic carbocycles. The van der Waals surface area contributed by atoms with Gasteiger partial charge < -0.3 is 20.4 Å². The molecule has 2 aromatic rings. The van der Waals surface area contributed by atoms with Gasteiger partial charge in [0.05, 0.1) is 17.4 Å². The van der Waals surface area contributed by atoms with Gasteiger partial charge in [0.2, 0.25) is 5.91 Å². The van der Waals surface area contributed by atoms with Crippen LogP contribution in [0.3, 0.4) is 0 Å². The second-order valence-corrected chi connectivity index (χ2v) is 7.67. The number of likely N-dealkylation sites (N-methyl/N-ethyl adjacent to an activating group) is 1. The standard InChI is InChI=1S/C22H26N4O2/c1-25(2)20(15-7-4-3-5-8-15)14-23-21(27)16-10-11-18-17(13-16)24-22(28)19-9-6-12-26(18)19/h3-5,7-8,10-11,13,19-20H,6,9,12,14H2,1-2H3,(H,23,27)(H,24,28)/t19-,20+/m1/s1. The molecule has 2 N–H and O–H groups in total. The first-order valence-corrected chi connectivity index (χ1v) is 9.76. The molecule has 2 aliphatic rings. The van der Waals surface area contributed by atoms with Gasteiger partial charge in [-0.25, -0.2) is 0 Å². The Hall–Kier alpha value is -2.86. The number of carbonyl (C=O) groups excluding carboxylic acids is 2. The largest absolute Gasteiger partial charge is 0.358 e. The third-order valence-electron chi connectivity index (χ3n) is 5.65. The summed E-state index contributed by atoms with van der Waals surface area (Å²) in [7, 11) is 4.01. The fourth-order valence-corrected chi connectivity index (χ4v) is 4.14. The van der Waals surface area contributed by atoms with Gasteiger partial charge in [-0.2, -0.15) is 0 Å². The SMILES string of the molecule is CN(C)[C@@H](CNC(=O)c1ccc2c(c1)NC(=O)[C@H]1CCCN21)c1ccccc1. The zero-order chi connectivity index (χ0) is 19.7. The molecule has 2 heterocycles. The van der Waals surface area contributed by atoms with Gasteiger partial charge in [0.25, 0.3) is 5.91 Å². The van der Waals surface area contributed by atoms with Crippen molar-refractivity contribution in [2.45, 2.75) is 24.9 Å². The topological polar surface area (TPSA) is 64.7 Å². The molecule has 1 saturated heterocycles. The van der Waals surface area contributed by atoms with Gasteiger partial charge in [0, 0.05) is 18.7 Å². The van der Waals surface area contributed by atoms with E-state index in [4.69, 9.17) is 0 Å². The Morgan fingerprint density at radius 1 is 1.25 bits per heavy atom. The molecule has 2 aromatic carbocycles. The first-order valence-electron chi connectivity index (χ1n) is 9.76. The first-order chi connectivity index (χ1) is 13.5. The van der Waals surface area contributed by atoms with Crippen molar-refractivity contribution in [3.05, 3.63) is 59.7 Å². The van der Waals surface area contributed by atoms with E-state index in [1.165, 1.54) is 0 Å². The highest BCUT2D eigenvalue weighted by Crippen LogP contribution is 2.37. The summed E-state index contributed by atoms with van der Waals surface area (Å²) >= 11 is 0. The van der Waals surface area contributed by atoms with E-state index in [0.29, 0.717) is 12.1 Å². The Labute approximate surface area is 165 Å². The van der Waals surface area contributed by atoms with E-state index >= 15 is 0 Å². The Bertz CT molecular complexity index is 881. The van der Waals surface area contributed by atoms with Crippen LogP contribution in [0, 0.1) is 0 Å². The zero-order valence-corrected chi connectivity index (χ0v) is 16.3. The smallest absolute Gasteiger partial charge is 0.251 e. The third kappa shape index (κ3) is 3.47. The Morgan fingerprint density at radius 3 is 2.79 bits per heavy atom. The van der Waals surface area contributed by atoms with Crippen molar-refractivity contribution in [3.63, 3.8) is 0 Å². The Balaban J connectivity index is 1.48. The highest BCUT2D eigenvalue weighted by Gasteiger charge is 2.36. The highest BCUT2D eigenvalue weighted by molar-refractivity contribution is 6.06. The summed E-state index contributed by atoms with van der Waals surface area (Å²) in [6.45, 7) is 1.39. The molecule has 6 nitrogen and oxygen atoms in total. The lowest BCUT2D eigenvalue weighted by molar-refractivity contribution is -0.117. The van der Waals surface area contributed by atoms with Crippen LogP contribution in [0.25, 0.3) is 0 Å². The average molecular weight is 378 g/mol. The second-order valence-electron chi connectivity index (χ2n) is 7.67. The summed E-state index contributed by atoms with van der Waals surface area (Å²) in [6, 6.07) is 15.7. The van der Waals surface area contributed by atoms with Crippen molar-refractivity contribution in [2.24, 2.45) is 0 Å². The molecule has 2 atom stereocenters. The molecule has 0 unspecified atom stereocenters. The molecule has 0 saturated carbocycles. The summed E-state index contributed by atoms with van der Waals surface area (Å²) in [5.74, 6) is -0.109. The molecule has 0 spiro atoms. The number of carbonyl (C=O) groups is 2. The van der Waals surface area contributed by atoms with Crippen LogP contribution >= 0.6 is 0 Å². The minimum absolute atomic E-state index is 0.0271. The quantitative estimate of drug-likeness (QED) is 0.840. The van der Waals surface area contributed by atoms with E-state index in [2.05, 4.69) is 32.6 Å². The van der Waals surface area contributed by atoms with Crippen LogP contribution in [0.1, 0.15) is 34.8 Å². The number of fused-ring (bicyclic) bond motifs is 3. The van der Waals surface area contributed by atoms with Crippen LogP contribution in [0.15, 0.2) is 48.5 Å². The molecule has 28 heavy (non-hydrogen) atoms. The zero-order valence-electron chi connectivity index (χ0n) is 16.3. The van der Waals surface area contributed by atoms with E-state index in [1.807, 2.05) is 44.4 Å². The Morgan fingerprint density at radius 2 is 2.04 bits per heavy atom. The van der Waals surface area contributed by atoms with Gasteiger partial charge in [-0.1, -0.05) is 30.3 Å². The normalized spacial score (nSPS) is 19.0. The van der Waals surface area contributed by atoms with Crippen molar-refractivity contribution in [1.29, 1.82) is 0 Å². The van der Waals surface area contributed by atoms with Crippen LogP contribution in [0.2, 0.25) is 0 Å². The monoisotopic (exact) mass is 378 g/mol. The third-order valence-corrected chi connectivity index (χ3v) is 5.65. The summed E-state index contributed by atoms with van der Waals surface area (Å²) in [6.07, 6.45) is 1.91. The van der Waals surface area contributed by atoms with Gasteiger partial charge in [-0.15, -0.1) is 0 Å². The lowest BCUT2D eigenvalue weighted by Gasteiger charge is -2.33. The van der Waals surface area contributed by atoms with Crippen LogP contribution in [0.5, 0.6) is 0 Å². The van der Waals surface area contributed by atoms with E-state index in [9.17, 15) is 9.59 Å². The van der Waals surface area contributed by atoms with Crippen molar-refractivity contribution in [1.82, 2.24) is 10.2 Å². The van der Waals surface area contributed by atoms with E-state index in [0.717, 1.165) is 36.3 Å².